The Labute approximate surface area is 397 Å². The molecule has 1 aromatic carbocycles. The number of fused-ring (bicyclic) bond motifs is 4. The number of benzene rings is 1. The number of rotatable bonds is 15. The van der Waals surface area contributed by atoms with E-state index in [1.165, 1.54) is 23.9 Å². The summed E-state index contributed by atoms with van der Waals surface area (Å²) in [7, 11) is 0. The zero-order chi connectivity index (χ0) is 40.8. The summed E-state index contributed by atoms with van der Waals surface area (Å²) in [5.74, 6) is -6.21. The summed E-state index contributed by atoms with van der Waals surface area (Å²) in [5, 5.41) is 61.5. The maximum atomic E-state index is 13.9. The van der Waals surface area contributed by atoms with Crippen molar-refractivity contribution in [1.82, 2.24) is 35.8 Å². The average Bonchev–Trinajstić information content (AvgIpc) is 3.84. The predicted molar refractivity (Wildman–Crippen MR) is 200 cm³/mol. The van der Waals surface area contributed by atoms with E-state index >= 15 is 0 Å². The Morgan fingerprint density at radius 2 is 1.86 bits per heavy atom. The number of hydrogen-bond donors (Lipinski definition) is 5. The number of thiazole rings is 1. The number of ketones is 1. The van der Waals surface area contributed by atoms with Gasteiger partial charge in [-0.05, 0) is 12.1 Å². The number of aliphatic carboxylic acids is 2. The van der Waals surface area contributed by atoms with Crippen LogP contribution in [0.15, 0.2) is 22.9 Å². The van der Waals surface area contributed by atoms with E-state index in [2.05, 4.69) is 36.1 Å². The summed E-state index contributed by atoms with van der Waals surface area (Å²) in [4.78, 5) is 73.8. The summed E-state index contributed by atoms with van der Waals surface area (Å²) in [6.07, 6.45) is -0.980. The molecule has 0 aliphatic carbocycles. The SMILES string of the molecule is Nc1nc(/C(=N/O[C@@H](CC(=O)O)C(=O)[O-])C(=O)C[C@@H]2C(=O)N3C(c4nnn[n-]4)=C(C[N+]45CCC(CNC(=O)c6ccc(O)c(O)c6Cl)(CC4)CC5)CS[C@H]23)c(Cl)s1.[Na+].[Na+]. The van der Waals surface area contributed by atoms with Crippen molar-refractivity contribution in [3.63, 3.8) is 0 Å². The van der Waals surface area contributed by atoms with Gasteiger partial charge < -0.3 is 50.7 Å². The van der Waals surface area contributed by atoms with Gasteiger partial charge in [0.25, 0.3) is 5.91 Å². The van der Waals surface area contributed by atoms with Crippen LogP contribution in [0.2, 0.25) is 9.36 Å². The molecule has 20 nitrogen and oxygen atoms in total. The van der Waals surface area contributed by atoms with Gasteiger partial charge in [0.2, 0.25) is 5.91 Å². The molecule has 2 bridgehead atoms. The number of quaternary nitrogens is 1. The van der Waals surface area contributed by atoms with Crippen LogP contribution in [0.3, 0.4) is 0 Å². The maximum absolute atomic E-state index is 13.9. The van der Waals surface area contributed by atoms with Gasteiger partial charge in [0.1, 0.15) is 16.6 Å². The topological polar surface area (TPSA) is 298 Å². The number of halogens is 2. The number of amides is 2. The molecule has 2 aromatic heterocycles. The van der Waals surface area contributed by atoms with Crippen molar-refractivity contribution in [1.29, 1.82) is 0 Å². The molecule has 7 heterocycles. The molecule has 0 radical (unpaired) electrons. The second kappa shape index (κ2) is 18.9. The van der Waals surface area contributed by atoms with Gasteiger partial charge in [0.05, 0.1) is 65.4 Å². The van der Waals surface area contributed by atoms with Crippen LogP contribution in [0, 0.1) is 11.3 Å². The number of nitrogen functional groups attached to an aromatic ring is 1. The first-order valence-corrected chi connectivity index (χ1v) is 20.0. The maximum Gasteiger partial charge on any atom is 1.00 e. The number of phenols is 2. The van der Waals surface area contributed by atoms with Crippen molar-refractivity contribution < 1.29 is 113 Å². The number of carbonyl (C=O) groups excluding carboxylic acids is 4. The van der Waals surface area contributed by atoms with E-state index < -0.39 is 77.0 Å². The quantitative estimate of drug-likeness (QED) is 0.0237. The van der Waals surface area contributed by atoms with Gasteiger partial charge in [-0.2, -0.15) is 5.21 Å². The Kier molecular flexibility index (Phi) is 15.1. The zero-order valence-electron chi connectivity index (χ0n) is 31.6. The van der Waals surface area contributed by atoms with Crippen molar-refractivity contribution in [2.75, 3.05) is 44.2 Å². The van der Waals surface area contributed by atoms with Crippen molar-refractivity contribution in [2.24, 2.45) is 16.5 Å². The molecule has 0 saturated carbocycles. The van der Waals surface area contributed by atoms with Gasteiger partial charge in [0, 0.05) is 49.0 Å². The number of tetrazole rings is 1. The average molecular weight is 911 g/mol. The number of phenolic OH excluding ortho intramolecular Hbond substituents is 2. The molecule has 3 atom stereocenters. The fourth-order valence-corrected chi connectivity index (χ4v) is 10.3. The largest absolute Gasteiger partial charge is 1.00 e. The molecule has 6 N–H and O–H groups in total. The molecule has 2 amide bonds. The molecule has 5 aliphatic rings. The number of anilines is 1. The third-order valence-corrected chi connectivity index (χ3v) is 13.8. The molecule has 302 valence electrons. The number of piperidine rings is 3. The van der Waals surface area contributed by atoms with Crippen molar-refractivity contribution >= 4 is 92.4 Å². The number of Topliss-reactive ketones (excluding diaryl/α,β-unsaturated/α-hetero) is 1. The molecule has 3 aromatic rings. The smallest absolute Gasteiger partial charge is 0.546 e. The van der Waals surface area contributed by atoms with Crippen molar-refractivity contribution in [3.05, 3.63) is 44.1 Å². The Balaban J connectivity index is 0.00000331. The van der Waals surface area contributed by atoms with Gasteiger partial charge in [-0.25, -0.2) is 4.98 Å². The summed E-state index contributed by atoms with van der Waals surface area (Å²) in [6.45, 7) is 3.44. The molecule has 8 rings (SSSR count). The Morgan fingerprint density at radius 1 is 1.17 bits per heavy atom. The molecule has 59 heavy (non-hydrogen) atoms. The van der Waals surface area contributed by atoms with Gasteiger partial charge in [-0.3, -0.25) is 34.4 Å². The number of carboxylic acids is 2. The zero-order valence-corrected chi connectivity index (χ0v) is 38.7. The molecular formula is C33H33Cl2N10Na2O10S2+. The number of β-lactam (4-membered cyclic amide) rings is 1. The molecule has 0 unspecified atom stereocenters. The normalized spacial score (nSPS) is 23.9. The standard InChI is InChI=1S/C33H34Cl2N10O10S2.2Na/c34-21-15(1-2-17(46)25(21)50)28(51)37-13-33-3-6-45(7-4-33,8-5-33)11-14-12-56-30-16(29(52)44(30)24(14)27-39-42-43-40-27)9-18(47)22(23-26(35)57-32(36)38-23)41-55-19(31(53)54)10-20(48)49;;/h1-2,16,19,30H,3-13H2,(H7-,36,37,38,39,40,41,42,43,46,47,48,49,50,51,53,54);;/q;2*+1/p-1/t16-,19+,30-,33?,45?;;/m1../s1. The van der Waals surface area contributed by atoms with E-state index in [0.29, 0.717) is 24.5 Å². The first-order valence-electron chi connectivity index (χ1n) is 17.4. The van der Waals surface area contributed by atoms with Crippen LogP contribution in [0.1, 0.15) is 54.0 Å². The van der Waals surface area contributed by atoms with Crippen LogP contribution >= 0.6 is 46.3 Å². The number of aromatic hydroxyl groups is 2. The second-order valence-electron chi connectivity index (χ2n) is 14.3. The fraction of sp³-hybridized carbons (Fsp3) is 0.455. The van der Waals surface area contributed by atoms with E-state index in [0.717, 1.165) is 60.3 Å². The number of thioether (sulfide) groups is 1. The summed E-state index contributed by atoms with van der Waals surface area (Å²) < 4.78 is 0.683. The van der Waals surface area contributed by atoms with E-state index in [9.17, 15) is 39.3 Å². The number of nitrogens with one attached hydrogen (secondary N) is 1. The number of carboxylic acid groups (broad SMARTS) is 2. The fourth-order valence-electron chi connectivity index (χ4n) is 7.75. The molecule has 5 aliphatic heterocycles. The van der Waals surface area contributed by atoms with Crippen LogP contribution in [0.5, 0.6) is 11.5 Å². The first kappa shape index (κ1) is 47.0. The Bertz CT molecular complexity index is 2210. The van der Waals surface area contributed by atoms with Crippen molar-refractivity contribution in [3.8, 4) is 11.5 Å². The Hall–Kier alpha value is -3.03. The minimum absolute atomic E-state index is 0. The van der Waals surface area contributed by atoms with E-state index in [-0.39, 0.29) is 96.1 Å². The van der Waals surface area contributed by atoms with E-state index in [1.807, 2.05) is 0 Å². The summed E-state index contributed by atoms with van der Waals surface area (Å²) in [6, 6.07) is 2.57. The monoisotopic (exact) mass is 909 g/mol. The molecule has 4 saturated heterocycles. The third-order valence-electron chi connectivity index (χ3n) is 10.9. The van der Waals surface area contributed by atoms with Gasteiger partial charge in [-0.15, -0.1) is 11.8 Å². The van der Waals surface area contributed by atoms with Gasteiger partial charge in [0.15, 0.2) is 34.2 Å². The van der Waals surface area contributed by atoms with Crippen LogP contribution in [0.4, 0.5) is 5.13 Å². The number of hydrogen-bond acceptors (Lipinski definition) is 17. The van der Waals surface area contributed by atoms with Crippen LogP contribution in [-0.4, -0.2) is 130 Å². The van der Waals surface area contributed by atoms with E-state index in [1.54, 1.807) is 4.90 Å². The number of nitrogens with two attached hydrogens (primary N) is 1. The molecule has 4 fully saturated rings. The summed E-state index contributed by atoms with van der Waals surface area (Å²) in [5.41, 5.74) is 6.35. The predicted octanol–water partition coefficient (Wildman–Crippen LogP) is -5.76. The first-order chi connectivity index (χ1) is 27.1. The second-order valence-corrected chi connectivity index (χ2v) is 17.4. The van der Waals surface area contributed by atoms with E-state index in [4.69, 9.17) is 38.9 Å². The van der Waals surface area contributed by atoms with Crippen molar-refractivity contribution in [2.45, 2.75) is 43.6 Å². The minimum atomic E-state index is -2.04. The number of nitrogens with zero attached hydrogens (tertiary/aromatic N) is 8. The minimum Gasteiger partial charge on any atom is -0.546 e. The van der Waals surface area contributed by atoms with Crippen LogP contribution in [0.25, 0.3) is 5.70 Å². The van der Waals surface area contributed by atoms with Crippen LogP contribution in [-0.2, 0) is 24.0 Å². The number of aromatic nitrogens is 5. The van der Waals surface area contributed by atoms with Gasteiger partial charge >= 0.3 is 65.1 Å². The number of carbonyl (C=O) groups is 5. The summed E-state index contributed by atoms with van der Waals surface area (Å²) >= 11 is 14.6. The number of oxime groups is 1. The molecule has 26 heteroatoms. The third kappa shape index (κ3) is 9.57. The Morgan fingerprint density at radius 3 is 2.46 bits per heavy atom. The van der Waals surface area contributed by atoms with Crippen LogP contribution < -0.4 is 80.4 Å². The van der Waals surface area contributed by atoms with Gasteiger partial charge in [-0.1, -0.05) is 39.7 Å². The molecule has 0 spiro atoms. The molecular weight excluding hydrogens is 877 g/mol.